The number of nitrogens with zero attached hydrogens (tertiary/aromatic N) is 1. The van der Waals surface area contributed by atoms with Crippen LogP contribution in [0.25, 0.3) is 0 Å². The van der Waals surface area contributed by atoms with Gasteiger partial charge in [0.05, 0.1) is 20.6 Å². The summed E-state index contributed by atoms with van der Waals surface area (Å²) in [6.07, 6.45) is 4.36. The summed E-state index contributed by atoms with van der Waals surface area (Å²) in [5, 5.41) is 1.43. The van der Waals surface area contributed by atoms with E-state index in [0.29, 0.717) is 5.92 Å². The highest BCUT2D eigenvalue weighted by atomic mass is 28.3. The van der Waals surface area contributed by atoms with E-state index >= 15 is 0 Å². The SMILES string of the molecule is C=[N+]1C=C([Si](C)(C)C)C(C(C)C)=C[C-]1c1cc(F)ccc1C. The first kappa shape index (κ1) is 16.8. The van der Waals surface area contributed by atoms with Crippen LogP contribution < -0.4 is 0 Å². The number of benzene rings is 1. The molecule has 0 fully saturated rings. The van der Waals surface area contributed by atoms with Gasteiger partial charge in [0.25, 0.3) is 0 Å². The number of hydrogen-bond donors (Lipinski definition) is 0. The average Bonchev–Trinajstić information content (AvgIpc) is 2.40. The van der Waals surface area contributed by atoms with Crippen molar-refractivity contribution in [2.75, 3.05) is 0 Å². The van der Waals surface area contributed by atoms with Crippen molar-refractivity contribution >= 4 is 14.8 Å². The minimum absolute atomic E-state index is 0.207. The third kappa shape index (κ3) is 3.25. The van der Waals surface area contributed by atoms with Gasteiger partial charge < -0.3 is 0 Å². The van der Waals surface area contributed by atoms with Gasteiger partial charge >= 0.3 is 0 Å². The van der Waals surface area contributed by atoms with Crippen molar-refractivity contribution in [2.24, 2.45) is 5.92 Å². The van der Waals surface area contributed by atoms with E-state index in [1.165, 1.54) is 16.8 Å². The zero-order valence-electron chi connectivity index (χ0n) is 14.5. The topological polar surface area (TPSA) is 3.01 Å². The summed E-state index contributed by atoms with van der Waals surface area (Å²) in [6.45, 7) is 17.6. The van der Waals surface area contributed by atoms with Crippen molar-refractivity contribution in [3.63, 3.8) is 0 Å². The molecule has 0 spiro atoms. The van der Waals surface area contributed by atoms with Gasteiger partial charge in [0.2, 0.25) is 0 Å². The second-order valence-corrected chi connectivity index (χ2v) is 12.4. The summed E-state index contributed by atoms with van der Waals surface area (Å²) in [7, 11) is -1.46. The van der Waals surface area contributed by atoms with Crippen LogP contribution in [-0.4, -0.2) is 19.4 Å². The molecule has 118 valence electrons. The molecule has 0 saturated heterocycles. The molecule has 0 unspecified atom stereocenters. The second kappa shape index (κ2) is 5.88. The maximum atomic E-state index is 13.7. The van der Waals surface area contributed by atoms with Gasteiger partial charge in [-0.1, -0.05) is 63.7 Å². The molecular formula is C19H26FNSi. The standard InChI is InChI=1S/C19H26FNSi/c1-13(2)16-11-18(17-10-15(20)9-8-14(17)3)21(4)12-19(16)22(5,6)7/h8-13H,4H2,1-3,5-7H3. The Hall–Kier alpha value is -1.61. The van der Waals surface area contributed by atoms with E-state index in [2.05, 4.69) is 52.5 Å². The lowest BCUT2D eigenvalue weighted by Gasteiger charge is -2.33. The first-order valence-corrected chi connectivity index (χ1v) is 11.3. The summed E-state index contributed by atoms with van der Waals surface area (Å²) in [5.41, 5.74) is 3.34. The van der Waals surface area contributed by atoms with E-state index in [1.807, 2.05) is 17.6 Å². The van der Waals surface area contributed by atoms with E-state index in [0.717, 1.165) is 17.2 Å². The van der Waals surface area contributed by atoms with Gasteiger partial charge in [-0.25, -0.2) is 4.39 Å². The number of allylic oxidation sites excluding steroid dienone is 2. The molecule has 0 radical (unpaired) electrons. The fraction of sp³-hybridized carbons (Fsp3) is 0.368. The predicted octanol–water partition coefficient (Wildman–Crippen LogP) is 5.08. The minimum atomic E-state index is -1.46. The molecule has 0 amide bonds. The molecule has 1 aliphatic rings. The first-order valence-electron chi connectivity index (χ1n) is 7.78. The quantitative estimate of drug-likeness (QED) is 0.415. The van der Waals surface area contributed by atoms with Crippen molar-refractivity contribution in [3.8, 4) is 0 Å². The van der Waals surface area contributed by atoms with Crippen LogP contribution in [0.15, 0.2) is 41.2 Å². The van der Waals surface area contributed by atoms with E-state index < -0.39 is 8.07 Å². The van der Waals surface area contributed by atoms with E-state index in [9.17, 15) is 4.39 Å². The summed E-state index contributed by atoms with van der Waals surface area (Å²) >= 11 is 0. The highest BCUT2D eigenvalue weighted by Gasteiger charge is 2.30. The Bertz CT molecular complexity index is 663. The highest BCUT2D eigenvalue weighted by molar-refractivity contribution is 6.84. The van der Waals surface area contributed by atoms with Gasteiger partial charge in [0, 0.05) is 0 Å². The van der Waals surface area contributed by atoms with Crippen molar-refractivity contribution < 1.29 is 8.97 Å². The van der Waals surface area contributed by atoms with Crippen LogP contribution in [0.5, 0.6) is 0 Å². The molecule has 0 aromatic heterocycles. The number of hydrogen-bond acceptors (Lipinski definition) is 0. The fourth-order valence-electron chi connectivity index (χ4n) is 2.81. The molecule has 0 aliphatic carbocycles. The second-order valence-electron chi connectivity index (χ2n) is 7.36. The summed E-state index contributed by atoms with van der Waals surface area (Å²) in [6, 6.07) is 5.91. The van der Waals surface area contributed by atoms with Gasteiger partial charge in [-0.15, -0.1) is 0 Å². The summed E-state index contributed by atoms with van der Waals surface area (Å²) in [5.74, 6) is 0.233. The Kier molecular flexibility index (Phi) is 4.48. The lowest BCUT2D eigenvalue weighted by molar-refractivity contribution is -0.418. The molecule has 1 aliphatic heterocycles. The fourth-order valence-corrected chi connectivity index (χ4v) is 4.58. The van der Waals surface area contributed by atoms with Gasteiger partial charge in [0.1, 0.15) is 12.2 Å². The van der Waals surface area contributed by atoms with E-state index in [-0.39, 0.29) is 5.82 Å². The Labute approximate surface area is 134 Å². The third-order valence-electron chi connectivity index (χ3n) is 4.10. The zero-order valence-corrected chi connectivity index (χ0v) is 15.5. The van der Waals surface area contributed by atoms with Crippen molar-refractivity contribution in [2.45, 2.75) is 40.4 Å². The molecule has 0 saturated carbocycles. The van der Waals surface area contributed by atoms with Gasteiger partial charge in [-0.3, -0.25) is 4.58 Å². The number of rotatable bonds is 3. The monoisotopic (exact) mass is 315 g/mol. The number of aryl methyl sites for hydroxylation is 1. The lowest BCUT2D eigenvalue weighted by Crippen LogP contribution is -2.32. The number of halogens is 1. The van der Waals surface area contributed by atoms with Gasteiger partial charge in [-0.2, -0.15) is 0 Å². The molecule has 22 heavy (non-hydrogen) atoms. The van der Waals surface area contributed by atoms with Crippen molar-refractivity contribution in [1.82, 2.24) is 0 Å². The highest BCUT2D eigenvalue weighted by Crippen LogP contribution is 2.36. The Morgan fingerprint density at radius 3 is 2.41 bits per heavy atom. The Morgan fingerprint density at radius 1 is 1.23 bits per heavy atom. The molecule has 3 heteroatoms. The molecule has 0 atom stereocenters. The molecule has 1 nitrogen and oxygen atoms in total. The maximum Gasteiger partial charge on any atom is 0.147 e. The van der Waals surface area contributed by atoms with E-state index in [4.69, 9.17) is 0 Å². The maximum absolute atomic E-state index is 13.7. The van der Waals surface area contributed by atoms with Crippen LogP contribution in [0.4, 0.5) is 4.39 Å². The molecule has 1 aromatic carbocycles. The summed E-state index contributed by atoms with van der Waals surface area (Å²) < 4.78 is 15.6. The van der Waals surface area contributed by atoms with Crippen LogP contribution in [0.3, 0.4) is 0 Å². The molecule has 2 rings (SSSR count). The van der Waals surface area contributed by atoms with Gasteiger partial charge in [-0.05, 0) is 28.8 Å². The third-order valence-corrected chi connectivity index (χ3v) is 6.14. The van der Waals surface area contributed by atoms with Crippen LogP contribution in [0.1, 0.15) is 25.0 Å². The van der Waals surface area contributed by atoms with Crippen LogP contribution in [-0.2, 0) is 0 Å². The molecule has 1 aromatic rings. The smallest absolute Gasteiger partial charge is 0.147 e. The van der Waals surface area contributed by atoms with Crippen LogP contribution >= 0.6 is 0 Å². The van der Waals surface area contributed by atoms with Gasteiger partial charge in [0.15, 0.2) is 0 Å². The normalized spacial score (nSPS) is 16.0. The largest absolute Gasteiger partial charge is 0.255 e. The van der Waals surface area contributed by atoms with Crippen molar-refractivity contribution in [1.29, 1.82) is 0 Å². The van der Waals surface area contributed by atoms with E-state index in [1.54, 1.807) is 6.07 Å². The van der Waals surface area contributed by atoms with Crippen LogP contribution in [0.2, 0.25) is 19.6 Å². The lowest BCUT2D eigenvalue weighted by atomic mass is 9.92. The first-order chi connectivity index (χ1) is 10.1. The minimum Gasteiger partial charge on any atom is -0.255 e. The Morgan fingerprint density at radius 2 is 1.86 bits per heavy atom. The summed E-state index contributed by atoms with van der Waals surface area (Å²) in [4.78, 5) is 0. The predicted molar refractivity (Wildman–Crippen MR) is 95.2 cm³/mol. The van der Waals surface area contributed by atoms with Crippen LogP contribution in [0, 0.1) is 24.7 Å². The molecule has 1 heterocycles. The Balaban J connectivity index is 2.55. The average molecular weight is 316 g/mol. The molecule has 0 N–H and O–H groups in total. The molecule has 0 bridgehead atoms. The molecular weight excluding hydrogens is 289 g/mol. The van der Waals surface area contributed by atoms with Crippen molar-refractivity contribution in [3.05, 3.63) is 64.2 Å². The zero-order chi connectivity index (χ0) is 16.7.